The zero-order chi connectivity index (χ0) is 7.71. The van der Waals surface area contributed by atoms with Crippen LogP contribution < -0.4 is 37.7 Å². The van der Waals surface area contributed by atoms with Gasteiger partial charge in [-0.25, -0.2) is 8.42 Å². The maximum Gasteiger partial charge on any atom is 1.00 e. The molecule has 1 unspecified atom stereocenters. The molecule has 0 bridgehead atoms. The van der Waals surface area contributed by atoms with Crippen LogP contribution in [0.1, 0.15) is 0 Å². The normalized spacial score (nSPS) is 15.5. The molecule has 1 atom stereocenters. The van der Waals surface area contributed by atoms with Crippen molar-refractivity contribution in [2.24, 2.45) is 0 Å². The molecule has 0 aliphatic carbocycles. The molecule has 56 valence electrons. The second kappa shape index (κ2) is 5.98. The Morgan fingerprint density at radius 2 is 1.36 bits per heavy atom. The van der Waals surface area contributed by atoms with E-state index in [1.165, 1.54) is 0 Å². The van der Waals surface area contributed by atoms with Crippen LogP contribution in [0.5, 0.6) is 0 Å². The Kier molecular flexibility index (Phi) is 9.92. The molecule has 0 heterocycles. The fourth-order valence-electron chi connectivity index (χ4n) is 0.177. The molecular weight excluding hydrogens is 202 g/mol. The first-order chi connectivity index (χ1) is 3.71. The molecule has 0 amide bonds. The van der Waals surface area contributed by atoms with E-state index in [4.69, 9.17) is 0 Å². The van der Waals surface area contributed by atoms with E-state index in [-0.39, 0.29) is 37.7 Å². The molecule has 0 saturated heterocycles. The number of hydrogen-bond acceptors (Lipinski definition) is 6. The van der Waals surface area contributed by atoms with Gasteiger partial charge in [0.1, 0.15) is 15.2 Å². The molecule has 0 radical (unpaired) electrons. The summed E-state index contributed by atoms with van der Waals surface area (Å²) in [6.07, 6.45) is 0. The Balaban J connectivity index is -0.000000320. The van der Waals surface area contributed by atoms with Gasteiger partial charge in [0.25, 0.3) is 0 Å². The molecule has 0 N–H and O–H groups in total. The Morgan fingerprint density at radius 3 is 1.36 bits per heavy atom. The second-order valence-electron chi connectivity index (χ2n) is 1.23. The first-order valence-electron chi connectivity index (χ1n) is 1.58. The average Bonchev–Trinajstić information content (AvgIpc) is 1.14. The minimum Gasteiger partial charge on any atom is -0.769 e. The Bertz CT molecular complexity index is 245. The van der Waals surface area contributed by atoms with E-state index < -0.39 is 24.0 Å². The predicted octanol–water partition coefficient (Wildman–Crippen LogP) is -7.63. The van der Waals surface area contributed by atoms with Gasteiger partial charge < -0.3 is 9.11 Å². The summed E-state index contributed by atoms with van der Waals surface area (Å²) in [6, 6.07) is 0. The fourth-order valence-corrected chi connectivity index (χ4v) is 2.65. The smallest absolute Gasteiger partial charge is 0.769 e. The van der Waals surface area contributed by atoms with Crippen LogP contribution in [0, 0.1) is 0 Å². The second-order valence-corrected chi connectivity index (χ2v) is 5.93. The van der Waals surface area contributed by atoms with Crippen LogP contribution in [0.2, 0.25) is 0 Å². The van der Waals surface area contributed by atoms with Gasteiger partial charge in [-0.1, -0.05) is 0 Å². The van der Waals surface area contributed by atoms with E-state index >= 15 is 0 Å². The molecule has 0 saturated carbocycles. The Hall–Kier alpha value is 1.43. The third-order valence-electron chi connectivity index (χ3n) is 0.289. The summed E-state index contributed by atoms with van der Waals surface area (Å²) < 4.78 is 48.7. The minimum atomic E-state index is -4.72. The average molecular weight is 204 g/mol. The molecule has 0 aliphatic rings. The van der Waals surface area contributed by atoms with Gasteiger partial charge in [-0.2, -0.15) is 0 Å². The fraction of sp³-hybridized carbons (Fsp3) is 1.00. The van der Waals surface area contributed by atoms with Crippen LogP contribution >= 0.6 is 0 Å². The van der Waals surface area contributed by atoms with Gasteiger partial charge in [-0.05, 0) is 20.0 Å². The summed E-state index contributed by atoms with van der Waals surface area (Å²) in [5, 5.41) is -1.50. The van der Waals surface area contributed by atoms with E-state index in [9.17, 15) is 21.7 Å². The molecule has 0 rings (SSSR count). The molecular formula is CH2Li2O5S3. The van der Waals surface area contributed by atoms with Crippen molar-refractivity contribution in [3.05, 3.63) is 0 Å². The van der Waals surface area contributed by atoms with Crippen molar-refractivity contribution in [2.75, 3.05) is 5.08 Å². The van der Waals surface area contributed by atoms with Crippen molar-refractivity contribution in [3.8, 4) is 0 Å². The maximum absolute atomic E-state index is 9.88. The predicted molar refractivity (Wildman–Crippen MR) is 30.8 cm³/mol. The third kappa shape index (κ3) is 18.4. The van der Waals surface area contributed by atoms with Crippen LogP contribution in [0.15, 0.2) is 0 Å². The Labute approximate surface area is 93.9 Å². The van der Waals surface area contributed by atoms with Gasteiger partial charge in [0, 0.05) is 0 Å². The zero-order valence-corrected chi connectivity index (χ0v) is 8.42. The Morgan fingerprint density at radius 1 is 1.09 bits per heavy atom. The maximum atomic E-state index is 9.88. The van der Waals surface area contributed by atoms with Gasteiger partial charge in [0.05, 0.1) is 0 Å². The number of hydrogen-bond donors (Lipinski definition) is 0. The van der Waals surface area contributed by atoms with Crippen LogP contribution in [0.3, 0.4) is 0 Å². The summed E-state index contributed by atoms with van der Waals surface area (Å²) in [4.78, 5) is 0. The summed E-state index contributed by atoms with van der Waals surface area (Å²) in [6.45, 7) is 0. The van der Waals surface area contributed by atoms with Crippen LogP contribution in [-0.4, -0.2) is 26.8 Å². The van der Waals surface area contributed by atoms with E-state index in [0.717, 1.165) is 0 Å². The van der Waals surface area contributed by atoms with E-state index in [2.05, 4.69) is 11.2 Å². The molecule has 0 aliphatic heterocycles. The first kappa shape index (κ1) is 18.3. The summed E-state index contributed by atoms with van der Waals surface area (Å²) >= 11 is 3.63. The summed E-state index contributed by atoms with van der Waals surface area (Å²) in [5.74, 6) is 0. The topological polar surface area (TPSA) is 97.3 Å². The third-order valence-corrected chi connectivity index (χ3v) is 3.46. The molecule has 0 aromatic carbocycles. The van der Waals surface area contributed by atoms with E-state index in [1.807, 2.05) is 0 Å². The molecule has 5 nitrogen and oxygen atoms in total. The summed E-state index contributed by atoms with van der Waals surface area (Å²) in [7, 11) is -8.82. The first-order valence-corrected chi connectivity index (χ1v) is 5.73. The standard InChI is InChI=1S/CH4O5S3.2Li/c2-8(3,4)1-9(5,6)7;;/h1H2,(H,2,3,4)(H,5,6,7);;/q;2*+1/p-2. The van der Waals surface area contributed by atoms with Crippen molar-refractivity contribution >= 4 is 30.1 Å². The molecule has 0 spiro atoms. The van der Waals surface area contributed by atoms with Gasteiger partial charge in [0.2, 0.25) is 0 Å². The largest absolute Gasteiger partial charge is 1.00 e. The van der Waals surface area contributed by atoms with Crippen molar-refractivity contribution in [3.63, 3.8) is 0 Å². The molecule has 11 heavy (non-hydrogen) atoms. The zero-order valence-electron chi connectivity index (χ0n) is 5.97. The monoisotopic (exact) mass is 204 g/mol. The van der Waals surface area contributed by atoms with Gasteiger partial charge in [-0.3, -0.25) is 4.21 Å². The minimum absolute atomic E-state index is 0. The molecule has 0 aromatic rings. The van der Waals surface area contributed by atoms with Crippen molar-refractivity contribution < 1.29 is 59.5 Å². The SMILES string of the molecule is O=S(=O)([O-])CS(=O)([O-])=S.[Li+].[Li+]. The van der Waals surface area contributed by atoms with Gasteiger partial charge in [-0.15, -0.1) is 0 Å². The van der Waals surface area contributed by atoms with Crippen LogP contribution in [0.4, 0.5) is 0 Å². The molecule has 10 heteroatoms. The number of rotatable bonds is 2. The van der Waals surface area contributed by atoms with E-state index in [0.29, 0.717) is 0 Å². The quantitative estimate of drug-likeness (QED) is 0.327. The van der Waals surface area contributed by atoms with Crippen molar-refractivity contribution in [2.45, 2.75) is 0 Å². The van der Waals surface area contributed by atoms with Crippen LogP contribution in [0.25, 0.3) is 0 Å². The van der Waals surface area contributed by atoms with Gasteiger partial charge >= 0.3 is 37.7 Å². The van der Waals surface area contributed by atoms with Crippen LogP contribution in [-0.2, 0) is 30.1 Å². The van der Waals surface area contributed by atoms with E-state index in [1.54, 1.807) is 0 Å². The molecule has 0 fully saturated rings. The van der Waals surface area contributed by atoms with Crippen molar-refractivity contribution in [1.82, 2.24) is 0 Å². The van der Waals surface area contributed by atoms with Crippen molar-refractivity contribution in [1.29, 1.82) is 0 Å². The summed E-state index contributed by atoms with van der Waals surface area (Å²) in [5.41, 5.74) is 0. The molecule has 0 aromatic heterocycles. The van der Waals surface area contributed by atoms with Gasteiger partial charge in [0.15, 0.2) is 0 Å².